The standard InChI is InChI=1S/C37H40ClFN5O4P/c1-42(2)26-21-44(22-26)37-40-35-31(19-32(38)30(34(35)39)17-25-16-27(45)15-23-7-5-6-8-29(23)25)36(41-37)49(46)13-11-43(12-14-49)20-24-9-10-28(47-3)18-33(24)48-4/h5-10,15-16,18-19,26,45H,11-14,17,20-22H2,1-4H3. The van der Waals surface area contributed by atoms with Gasteiger partial charge in [-0.2, -0.15) is 0 Å². The van der Waals surface area contributed by atoms with Crippen molar-refractivity contribution in [1.29, 1.82) is 0 Å². The molecule has 5 aromatic rings. The van der Waals surface area contributed by atoms with E-state index in [1.54, 1.807) is 32.4 Å². The maximum atomic E-state index is 16.8. The molecule has 49 heavy (non-hydrogen) atoms. The Morgan fingerprint density at radius 3 is 2.45 bits per heavy atom. The molecule has 0 atom stereocenters. The highest BCUT2D eigenvalue weighted by molar-refractivity contribution is 7.72. The van der Waals surface area contributed by atoms with E-state index in [0.29, 0.717) is 67.9 Å². The number of ether oxygens (including phenoxy) is 2. The molecular formula is C37H40ClFN5O4P. The second-order valence-electron chi connectivity index (χ2n) is 13.2. The molecule has 9 nitrogen and oxygen atoms in total. The van der Waals surface area contributed by atoms with Crippen LogP contribution in [0, 0.1) is 5.82 Å². The van der Waals surface area contributed by atoms with Gasteiger partial charge in [0, 0.05) is 85.1 Å². The Kier molecular flexibility index (Phi) is 9.17. The van der Waals surface area contributed by atoms with E-state index in [9.17, 15) is 9.67 Å². The number of rotatable bonds is 9. The van der Waals surface area contributed by atoms with Crippen LogP contribution in [-0.4, -0.2) is 97.7 Å². The third-order valence-electron chi connectivity index (χ3n) is 9.95. The van der Waals surface area contributed by atoms with Gasteiger partial charge in [-0.05, 0) is 54.7 Å². The number of benzene rings is 4. The van der Waals surface area contributed by atoms with Gasteiger partial charge in [0.1, 0.15) is 35.3 Å². The largest absolute Gasteiger partial charge is 0.508 e. The molecule has 1 aromatic heterocycles. The molecule has 3 heterocycles. The molecule has 4 aromatic carbocycles. The summed E-state index contributed by atoms with van der Waals surface area (Å²) in [7, 11) is 4.25. The first-order valence-electron chi connectivity index (χ1n) is 16.4. The highest BCUT2D eigenvalue weighted by atomic mass is 35.5. The number of aromatic hydroxyl groups is 1. The van der Waals surface area contributed by atoms with Crippen molar-refractivity contribution in [3.8, 4) is 17.2 Å². The number of halogens is 2. The molecule has 0 spiro atoms. The van der Waals surface area contributed by atoms with Crippen LogP contribution >= 0.6 is 18.7 Å². The summed E-state index contributed by atoms with van der Waals surface area (Å²) < 4.78 is 42.7. The first-order valence-corrected chi connectivity index (χ1v) is 18.8. The van der Waals surface area contributed by atoms with E-state index in [2.05, 4.69) is 9.80 Å². The third kappa shape index (κ3) is 6.43. The molecule has 0 saturated carbocycles. The third-order valence-corrected chi connectivity index (χ3v) is 13.2. The molecule has 0 unspecified atom stereocenters. The van der Waals surface area contributed by atoms with E-state index in [1.165, 1.54) is 0 Å². The number of aromatic nitrogens is 2. The minimum Gasteiger partial charge on any atom is -0.508 e. The van der Waals surface area contributed by atoms with Gasteiger partial charge < -0.3 is 28.9 Å². The quantitative estimate of drug-likeness (QED) is 0.182. The van der Waals surface area contributed by atoms with Crippen LogP contribution in [-0.2, 0) is 17.5 Å². The van der Waals surface area contributed by atoms with Crippen LogP contribution in [0.4, 0.5) is 10.3 Å². The van der Waals surface area contributed by atoms with Crippen molar-refractivity contribution < 1.29 is 23.5 Å². The minimum atomic E-state index is -3.07. The Hall–Kier alpha value is -3.95. The fourth-order valence-corrected chi connectivity index (χ4v) is 9.90. The first kappa shape index (κ1) is 33.5. The zero-order chi connectivity index (χ0) is 34.4. The van der Waals surface area contributed by atoms with E-state index >= 15 is 4.39 Å². The summed E-state index contributed by atoms with van der Waals surface area (Å²) >= 11 is 6.87. The molecule has 0 amide bonds. The molecule has 1 N–H and O–H groups in total. The Labute approximate surface area is 290 Å². The highest BCUT2D eigenvalue weighted by Crippen LogP contribution is 2.49. The molecule has 256 valence electrons. The minimum absolute atomic E-state index is 0.0982. The summed E-state index contributed by atoms with van der Waals surface area (Å²) in [6, 6.07) is 18.8. The first-order chi connectivity index (χ1) is 23.6. The lowest BCUT2D eigenvalue weighted by molar-refractivity contribution is 0.245. The Morgan fingerprint density at radius 1 is 0.980 bits per heavy atom. The van der Waals surface area contributed by atoms with Crippen LogP contribution in [0.15, 0.2) is 60.7 Å². The number of phenolic OH excluding ortho intramolecular Hbond substituents is 1. The lowest BCUT2D eigenvalue weighted by Gasteiger charge is -2.43. The van der Waals surface area contributed by atoms with Crippen molar-refractivity contribution in [2.75, 3.05) is 71.7 Å². The fraction of sp³-hybridized carbons (Fsp3) is 0.351. The van der Waals surface area contributed by atoms with Crippen LogP contribution < -0.4 is 19.8 Å². The van der Waals surface area contributed by atoms with Gasteiger partial charge in [0.25, 0.3) is 0 Å². The van der Waals surface area contributed by atoms with Gasteiger partial charge in [-0.15, -0.1) is 0 Å². The van der Waals surface area contributed by atoms with E-state index in [4.69, 9.17) is 31.0 Å². The summed E-state index contributed by atoms with van der Waals surface area (Å²) in [5.41, 5.74) is 2.56. The van der Waals surface area contributed by atoms with Gasteiger partial charge in [0.15, 0.2) is 5.82 Å². The summed E-state index contributed by atoms with van der Waals surface area (Å²) in [6.07, 6.45) is 0.944. The normalized spacial score (nSPS) is 16.8. The maximum absolute atomic E-state index is 16.8. The van der Waals surface area contributed by atoms with Gasteiger partial charge in [-0.3, -0.25) is 4.90 Å². The number of fused-ring (bicyclic) bond motifs is 2. The van der Waals surface area contributed by atoms with Crippen LogP contribution in [0.2, 0.25) is 5.02 Å². The molecule has 0 aliphatic carbocycles. The van der Waals surface area contributed by atoms with Crippen LogP contribution in [0.25, 0.3) is 21.7 Å². The molecule has 2 aliphatic rings. The molecule has 2 aliphatic heterocycles. The number of likely N-dealkylation sites (N-methyl/N-ethyl adjacent to an activating group) is 1. The Bertz CT molecular complexity index is 2100. The van der Waals surface area contributed by atoms with Crippen LogP contribution in [0.5, 0.6) is 17.2 Å². The maximum Gasteiger partial charge on any atom is 0.226 e. The average molecular weight is 704 g/mol. The molecular weight excluding hydrogens is 664 g/mol. The Balaban J connectivity index is 1.25. The number of phenols is 1. The lowest BCUT2D eigenvalue weighted by atomic mass is 9.97. The van der Waals surface area contributed by atoms with Crippen molar-refractivity contribution in [2.24, 2.45) is 0 Å². The molecule has 12 heteroatoms. The summed E-state index contributed by atoms with van der Waals surface area (Å²) in [5.74, 6) is 1.39. The van der Waals surface area contributed by atoms with Crippen molar-refractivity contribution in [2.45, 2.75) is 19.0 Å². The van der Waals surface area contributed by atoms with Gasteiger partial charge in [-0.25, -0.2) is 14.4 Å². The van der Waals surface area contributed by atoms with E-state index in [-0.39, 0.29) is 28.3 Å². The highest BCUT2D eigenvalue weighted by Gasteiger charge is 2.37. The van der Waals surface area contributed by atoms with Gasteiger partial charge in [0.2, 0.25) is 5.95 Å². The Morgan fingerprint density at radius 2 is 1.73 bits per heavy atom. The van der Waals surface area contributed by atoms with Gasteiger partial charge in [0.05, 0.1) is 14.2 Å². The van der Waals surface area contributed by atoms with E-state index in [1.807, 2.05) is 61.5 Å². The van der Waals surface area contributed by atoms with Crippen LogP contribution in [0.1, 0.15) is 16.7 Å². The number of nitrogens with zero attached hydrogens (tertiary/aromatic N) is 5. The zero-order valence-electron chi connectivity index (χ0n) is 28.1. The topological polar surface area (TPSA) is 91.3 Å². The van der Waals surface area contributed by atoms with E-state index < -0.39 is 13.0 Å². The van der Waals surface area contributed by atoms with Crippen molar-refractivity contribution >= 4 is 51.8 Å². The fourth-order valence-electron chi connectivity index (χ4n) is 6.90. The summed E-state index contributed by atoms with van der Waals surface area (Å²) in [5, 5.41) is 12.8. The van der Waals surface area contributed by atoms with Gasteiger partial charge in [-0.1, -0.05) is 41.9 Å². The molecule has 7 rings (SSSR count). The number of hydrogen-bond acceptors (Lipinski definition) is 9. The lowest BCUT2D eigenvalue weighted by Crippen LogP contribution is -2.58. The molecule has 0 bridgehead atoms. The predicted octanol–water partition coefficient (Wildman–Crippen LogP) is 6.14. The monoisotopic (exact) mass is 703 g/mol. The average Bonchev–Trinajstić information content (AvgIpc) is 3.07. The summed E-state index contributed by atoms with van der Waals surface area (Å²) in [4.78, 5) is 16.1. The molecule has 2 saturated heterocycles. The molecule has 2 fully saturated rings. The second kappa shape index (κ2) is 13.4. The number of hydrogen-bond donors (Lipinski definition) is 1. The SMILES string of the molecule is COc1ccc(CN2CCP(=O)(c3nc(N4CC(N(C)C)C4)nc4c(F)c(Cc5cc(O)cc6ccccc56)c(Cl)cc34)CC2)c(OC)c1. The summed E-state index contributed by atoms with van der Waals surface area (Å²) in [6.45, 7) is 3.18. The van der Waals surface area contributed by atoms with Crippen LogP contribution in [0.3, 0.4) is 0 Å². The number of methoxy groups -OCH3 is 2. The predicted molar refractivity (Wildman–Crippen MR) is 194 cm³/mol. The van der Waals surface area contributed by atoms with Crippen molar-refractivity contribution in [1.82, 2.24) is 19.8 Å². The van der Waals surface area contributed by atoms with Crippen molar-refractivity contribution in [3.05, 3.63) is 88.2 Å². The van der Waals surface area contributed by atoms with E-state index in [0.717, 1.165) is 33.4 Å². The van der Waals surface area contributed by atoms with Crippen molar-refractivity contribution in [3.63, 3.8) is 0 Å². The second-order valence-corrected chi connectivity index (χ2v) is 16.7. The molecule has 0 radical (unpaired) electrons. The smallest absolute Gasteiger partial charge is 0.226 e. The number of anilines is 1. The van der Waals surface area contributed by atoms with Gasteiger partial charge >= 0.3 is 0 Å². The zero-order valence-corrected chi connectivity index (χ0v) is 29.8.